The van der Waals surface area contributed by atoms with Gasteiger partial charge in [0.1, 0.15) is 6.33 Å². The Labute approximate surface area is 106 Å². The van der Waals surface area contributed by atoms with Gasteiger partial charge >= 0.3 is 0 Å². The zero-order valence-corrected chi connectivity index (χ0v) is 10.0. The van der Waals surface area contributed by atoms with Crippen molar-refractivity contribution < 1.29 is 0 Å². The number of rotatable bonds is 3. The molecule has 0 atom stereocenters. The van der Waals surface area contributed by atoms with Crippen LogP contribution >= 0.6 is 11.3 Å². The minimum absolute atomic E-state index is 0.679. The molecule has 7 nitrogen and oxygen atoms in total. The highest BCUT2D eigenvalue weighted by Crippen LogP contribution is 2.25. The van der Waals surface area contributed by atoms with Crippen LogP contribution in [0, 0.1) is 0 Å². The first-order valence-corrected chi connectivity index (χ1v) is 6.01. The minimum atomic E-state index is 0.679. The molecule has 3 aromatic rings. The minimum Gasteiger partial charge on any atom is -0.300 e. The third-order valence-electron chi connectivity index (χ3n) is 2.38. The first-order valence-electron chi connectivity index (χ1n) is 5.13. The van der Waals surface area contributed by atoms with Crippen molar-refractivity contribution >= 4 is 16.5 Å². The molecule has 18 heavy (non-hydrogen) atoms. The Morgan fingerprint density at radius 1 is 1.33 bits per heavy atom. The third kappa shape index (κ3) is 1.94. The molecular formula is C10H9N7S. The molecule has 8 heteroatoms. The van der Waals surface area contributed by atoms with E-state index in [-0.39, 0.29) is 0 Å². The van der Waals surface area contributed by atoms with Crippen LogP contribution in [0.4, 0.5) is 5.13 Å². The number of nitrogens with two attached hydrogens (primary N) is 1. The Balaban J connectivity index is 2.00. The highest BCUT2D eigenvalue weighted by Gasteiger charge is 2.05. The molecule has 0 aliphatic rings. The van der Waals surface area contributed by atoms with Crippen LogP contribution in [0.1, 0.15) is 0 Å². The summed E-state index contributed by atoms with van der Waals surface area (Å²) in [5.41, 5.74) is 5.26. The van der Waals surface area contributed by atoms with Gasteiger partial charge in [-0.2, -0.15) is 0 Å². The van der Waals surface area contributed by atoms with Crippen molar-refractivity contribution in [1.29, 1.82) is 0 Å². The number of aromatic nitrogens is 5. The van der Waals surface area contributed by atoms with E-state index < -0.39 is 0 Å². The van der Waals surface area contributed by atoms with Crippen molar-refractivity contribution in [3.8, 4) is 16.9 Å². The number of hydrogen-bond acceptors (Lipinski definition) is 7. The van der Waals surface area contributed by atoms with E-state index in [2.05, 4.69) is 25.9 Å². The van der Waals surface area contributed by atoms with Gasteiger partial charge in [0.05, 0.1) is 11.4 Å². The molecule has 1 aromatic carbocycles. The Bertz CT molecular complexity index is 646. The van der Waals surface area contributed by atoms with Gasteiger partial charge in [-0.1, -0.05) is 12.1 Å². The van der Waals surface area contributed by atoms with Gasteiger partial charge in [0.15, 0.2) is 5.13 Å². The standard InChI is InChI=1S/C10H9N7S/c11-14-10-13-9(5-18-10)7-2-1-3-8(4-7)17-6-12-15-16-17/h1-6H,11H2,(H,13,14). The van der Waals surface area contributed by atoms with E-state index in [1.165, 1.54) is 11.3 Å². The van der Waals surface area contributed by atoms with E-state index in [1.807, 2.05) is 29.6 Å². The molecule has 0 radical (unpaired) electrons. The maximum atomic E-state index is 5.32. The summed E-state index contributed by atoms with van der Waals surface area (Å²) < 4.78 is 1.60. The van der Waals surface area contributed by atoms with E-state index in [9.17, 15) is 0 Å². The molecule has 0 bridgehead atoms. The lowest BCUT2D eigenvalue weighted by Gasteiger charge is -2.01. The van der Waals surface area contributed by atoms with Crippen molar-refractivity contribution in [3.63, 3.8) is 0 Å². The molecular weight excluding hydrogens is 250 g/mol. The van der Waals surface area contributed by atoms with E-state index in [1.54, 1.807) is 11.0 Å². The van der Waals surface area contributed by atoms with Crippen LogP contribution in [0.2, 0.25) is 0 Å². The molecule has 0 aliphatic carbocycles. The Morgan fingerprint density at radius 2 is 2.28 bits per heavy atom. The average Bonchev–Trinajstić information content (AvgIpc) is 3.10. The first kappa shape index (κ1) is 10.8. The SMILES string of the molecule is NNc1nc(-c2cccc(-n3cnnn3)c2)cs1. The van der Waals surface area contributed by atoms with Crippen molar-refractivity contribution in [1.82, 2.24) is 25.2 Å². The number of nitrogen functional groups attached to an aromatic ring is 1. The Kier molecular flexibility index (Phi) is 2.71. The van der Waals surface area contributed by atoms with Crippen LogP contribution < -0.4 is 11.3 Å². The number of tetrazole rings is 1. The molecule has 0 unspecified atom stereocenters. The summed E-state index contributed by atoms with van der Waals surface area (Å²) in [6.45, 7) is 0. The van der Waals surface area contributed by atoms with Gasteiger partial charge in [0, 0.05) is 10.9 Å². The second-order valence-corrected chi connectivity index (χ2v) is 4.35. The van der Waals surface area contributed by atoms with Crippen molar-refractivity contribution in [2.75, 3.05) is 5.43 Å². The zero-order chi connectivity index (χ0) is 12.4. The summed E-state index contributed by atoms with van der Waals surface area (Å²) in [6, 6.07) is 7.80. The molecule has 90 valence electrons. The zero-order valence-electron chi connectivity index (χ0n) is 9.19. The van der Waals surface area contributed by atoms with E-state index in [4.69, 9.17) is 5.84 Å². The lowest BCUT2D eigenvalue weighted by Crippen LogP contribution is -2.05. The molecule has 0 fully saturated rings. The number of benzene rings is 1. The van der Waals surface area contributed by atoms with Crippen molar-refractivity contribution in [2.24, 2.45) is 5.84 Å². The summed E-state index contributed by atoms with van der Waals surface area (Å²) in [7, 11) is 0. The van der Waals surface area contributed by atoms with E-state index >= 15 is 0 Å². The number of anilines is 1. The second-order valence-electron chi connectivity index (χ2n) is 3.49. The van der Waals surface area contributed by atoms with Crippen LogP contribution in [0.15, 0.2) is 36.0 Å². The molecule has 3 rings (SSSR count). The maximum Gasteiger partial charge on any atom is 0.197 e. The fraction of sp³-hybridized carbons (Fsp3) is 0. The van der Waals surface area contributed by atoms with E-state index in [0.29, 0.717) is 5.13 Å². The molecule has 0 saturated heterocycles. The van der Waals surface area contributed by atoms with Crippen molar-refractivity contribution in [2.45, 2.75) is 0 Å². The van der Waals surface area contributed by atoms with Gasteiger partial charge in [-0.15, -0.1) is 16.4 Å². The highest BCUT2D eigenvalue weighted by atomic mass is 32.1. The summed E-state index contributed by atoms with van der Waals surface area (Å²) in [5.74, 6) is 5.32. The molecule has 2 aromatic heterocycles. The van der Waals surface area contributed by atoms with Gasteiger partial charge in [-0.05, 0) is 22.6 Å². The lowest BCUT2D eigenvalue weighted by atomic mass is 10.1. The predicted octanol–water partition coefficient (Wildman–Crippen LogP) is 1.07. The molecule has 0 spiro atoms. The fourth-order valence-electron chi connectivity index (χ4n) is 1.56. The predicted molar refractivity (Wildman–Crippen MR) is 68.1 cm³/mol. The molecule has 0 amide bonds. The Morgan fingerprint density at radius 3 is 3.00 bits per heavy atom. The summed E-state index contributed by atoms with van der Waals surface area (Å²) in [5, 5.41) is 13.7. The Hall–Kier alpha value is -2.32. The molecule has 3 N–H and O–H groups in total. The topological polar surface area (TPSA) is 94.5 Å². The first-order chi connectivity index (χ1) is 8.86. The molecule has 0 aliphatic heterocycles. The summed E-state index contributed by atoms with van der Waals surface area (Å²) in [6.07, 6.45) is 1.55. The largest absolute Gasteiger partial charge is 0.300 e. The average molecular weight is 259 g/mol. The number of hydrazine groups is 1. The van der Waals surface area contributed by atoms with Crippen LogP contribution in [0.3, 0.4) is 0 Å². The van der Waals surface area contributed by atoms with Crippen LogP contribution in [-0.4, -0.2) is 25.2 Å². The van der Waals surface area contributed by atoms with Gasteiger partial charge in [0.2, 0.25) is 0 Å². The smallest absolute Gasteiger partial charge is 0.197 e. The highest BCUT2D eigenvalue weighted by molar-refractivity contribution is 7.14. The van der Waals surface area contributed by atoms with E-state index in [0.717, 1.165) is 16.9 Å². The molecule has 2 heterocycles. The van der Waals surface area contributed by atoms with Gasteiger partial charge < -0.3 is 0 Å². The number of nitrogens with zero attached hydrogens (tertiary/aromatic N) is 5. The number of hydrogen-bond donors (Lipinski definition) is 2. The van der Waals surface area contributed by atoms with Crippen LogP contribution in [-0.2, 0) is 0 Å². The third-order valence-corrected chi connectivity index (χ3v) is 3.16. The monoisotopic (exact) mass is 259 g/mol. The van der Waals surface area contributed by atoms with Gasteiger partial charge in [-0.3, -0.25) is 5.43 Å². The summed E-state index contributed by atoms with van der Waals surface area (Å²) in [4.78, 5) is 4.34. The van der Waals surface area contributed by atoms with Gasteiger partial charge in [-0.25, -0.2) is 15.5 Å². The quantitative estimate of drug-likeness (QED) is 0.539. The lowest BCUT2D eigenvalue weighted by molar-refractivity contribution is 0.789. The number of nitrogens with one attached hydrogen (secondary N) is 1. The second kappa shape index (κ2) is 4.51. The number of thiazole rings is 1. The fourth-order valence-corrected chi connectivity index (χ4v) is 2.19. The van der Waals surface area contributed by atoms with Crippen molar-refractivity contribution in [3.05, 3.63) is 36.0 Å². The normalized spacial score (nSPS) is 10.5. The summed E-state index contributed by atoms with van der Waals surface area (Å²) >= 11 is 1.45. The maximum absolute atomic E-state index is 5.32. The molecule has 0 saturated carbocycles. The van der Waals surface area contributed by atoms with Crippen LogP contribution in [0.25, 0.3) is 16.9 Å². The van der Waals surface area contributed by atoms with Crippen LogP contribution in [0.5, 0.6) is 0 Å². The van der Waals surface area contributed by atoms with Gasteiger partial charge in [0.25, 0.3) is 0 Å².